The Morgan fingerprint density at radius 2 is 1.81 bits per heavy atom. The first-order valence-corrected chi connectivity index (χ1v) is 7.62. The third kappa shape index (κ3) is 3.69. The third-order valence-electron chi connectivity index (χ3n) is 3.56. The molecule has 0 aliphatic rings. The molecule has 0 spiro atoms. The van der Waals surface area contributed by atoms with E-state index in [1.165, 1.54) is 6.92 Å². The van der Waals surface area contributed by atoms with Crippen LogP contribution in [0.3, 0.4) is 0 Å². The van der Waals surface area contributed by atoms with Crippen LogP contribution in [0.5, 0.6) is 5.75 Å². The Bertz CT molecular complexity index is 925. The fourth-order valence-electron chi connectivity index (χ4n) is 2.15. The van der Waals surface area contributed by atoms with Crippen molar-refractivity contribution in [3.63, 3.8) is 0 Å². The number of nitrogens with zero attached hydrogens (tertiary/aromatic N) is 2. The number of rotatable bonds is 5. The van der Waals surface area contributed by atoms with Crippen molar-refractivity contribution >= 4 is 5.97 Å². The molecule has 3 aromatic rings. The molecule has 26 heavy (non-hydrogen) atoms. The molecule has 0 aliphatic heterocycles. The van der Waals surface area contributed by atoms with Crippen molar-refractivity contribution in [2.75, 3.05) is 7.11 Å². The Morgan fingerprint density at radius 3 is 2.46 bits per heavy atom. The van der Waals surface area contributed by atoms with E-state index in [9.17, 15) is 13.6 Å². The number of hydrogen-bond donors (Lipinski definition) is 0. The van der Waals surface area contributed by atoms with Crippen molar-refractivity contribution in [1.82, 2.24) is 10.2 Å². The topological polar surface area (TPSA) is 74.5 Å². The summed E-state index contributed by atoms with van der Waals surface area (Å²) in [5.41, 5.74) is 0.550. The zero-order valence-corrected chi connectivity index (χ0v) is 13.9. The average molecular weight is 360 g/mol. The highest BCUT2D eigenvalue weighted by atomic mass is 19.2. The van der Waals surface area contributed by atoms with Crippen LogP contribution < -0.4 is 4.74 Å². The second kappa shape index (κ2) is 7.30. The maximum absolute atomic E-state index is 13.2. The van der Waals surface area contributed by atoms with Crippen LogP contribution >= 0.6 is 0 Å². The van der Waals surface area contributed by atoms with Crippen LogP contribution in [0.15, 0.2) is 46.9 Å². The van der Waals surface area contributed by atoms with E-state index in [0.29, 0.717) is 11.3 Å². The number of carbonyl (C=O) groups is 1. The van der Waals surface area contributed by atoms with Gasteiger partial charge in [-0.15, -0.1) is 10.2 Å². The largest absolute Gasteiger partial charge is 0.497 e. The first-order valence-electron chi connectivity index (χ1n) is 7.62. The molecule has 1 aromatic heterocycles. The molecular weight excluding hydrogens is 346 g/mol. The quantitative estimate of drug-likeness (QED) is 0.642. The molecule has 0 N–H and O–H groups in total. The van der Waals surface area contributed by atoms with Gasteiger partial charge in [-0.2, -0.15) is 0 Å². The molecule has 2 aromatic carbocycles. The molecule has 6 nitrogen and oxygen atoms in total. The normalized spacial score (nSPS) is 11.8. The standard InChI is InChI=1S/C18H14F2N2O4/c1-10(25-18(23)12-5-8-14(19)15(20)9-12)16-21-22-17(26-16)11-3-6-13(24-2)7-4-11/h3-10H,1-2H3. The molecule has 0 bridgehead atoms. The lowest BCUT2D eigenvalue weighted by atomic mass is 10.2. The highest BCUT2D eigenvalue weighted by molar-refractivity contribution is 5.89. The van der Waals surface area contributed by atoms with Crippen molar-refractivity contribution in [1.29, 1.82) is 0 Å². The summed E-state index contributed by atoms with van der Waals surface area (Å²) in [6, 6.07) is 9.72. The molecule has 0 saturated carbocycles. The van der Waals surface area contributed by atoms with E-state index in [2.05, 4.69) is 10.2 Å². The van der Waals surface area contributed by atoms with E-state index in [-0.39, 0.29) is 17.3 Å². The summed E-state index contributed by atoms with van der Waals surface area (Å²) in [6.07, 6.45) is -0.866. The molecular formula is C18H14F2N2O4. The number of halogens is 2. The van der Waals surface area contributed by atoms with Crippen LogP contribution in [0.4, 0.5) is 8.78 Å². The van der Waals surface area contributed by atoms with E-state index in [0.717, 1.165) is 18.2 Å². The van der Waals surface area contributed by atoms with Gasteiger partial charge in [-0.05, 0) is 49.4 Å². The van der Waals surface area contributed by atoms with Crippen molar-refractivity contribution in [3.8, 4) is 17.2 Å². The average Bonchev–Trinajstić information content (AvgIpc) is 3.14. The summed E-state index contributed by atoms with van der Waals surface area (Å²) in [5, 5.41) is 7.76. The fraction of sp³-hybridized carbons (Fsp3) is 0.167. The summed E-state index contributed by atoms with van der Waals surface area (Å²) in [7, 11) is 1.56. The van der Waals surface area contributed by atoms with Gasteiger partial charge in [-0.1, -0.05) is 0 Å². The number of methoxy groups -OCH3 is 1. The number of esters is 1. The van der Waals surface area contributed by atoms with Crippen LogP contribution in [-0.4, -0.2) is 23.3 Å². The lowest BCUT2D eigenvalue weighted by molar-refractivity contribution is 0.0279. The van der Waals surface area contributed by atoms with Gasteiger partial charge in [0.05, 0.1) is 12.7 Å². The van der Waals surface area contributed by atoms with Gasteiger partial charge >= 0.3 is 5.97 Å². The maximum atomic E-state index is 13.2. The van der Waals surface area contributed by atoms with Crippen LogP contribution in [0, 0.1) is 11.6 Å². The van der Waals surface area contributed by atoms with Gasteiger partial charge in [0.2, 0.25) is 5.89 Å². The summed E-state index contributed by atoms with van der Waals surface area (Å²) in [4.78, 5) is 12.0. The minimum absolute atomic E-state index is 0.0757. The second-order valence-electron chi connectivity index (χ2n) is 5.35. The summed E-state index contributed by atoms with van der Waals surface area (Å²) in [5.74, 6) is -2.00. The molecule has 0 amide bonds. The van der Waals surface area contributed by atoms with Gasteiger partial charge in [0.25, 0.3) is 5.89 Å². The second-order valence-corrected chi connectivity index (χ2v) is 5.35. The highest BCUT2D eigenvalue weighted by Gasteiger charge is 2.20. The van der Waals surface area contributed by atoms with Crippen LogP contribution in [0.25, 0.3) is 11.5 Å². The maximum Gasteiger partial charge on any atom is 0.339 e. The van der Waals surface area contributed by atoms with Crippen molar-refractivity contribution in [2.45, 2.75) is 13.0 Å². The molecule has 0 aliphatic carbocycles. The van der Waals surface area contributed by atoms with E-state index in [1.54, 1.807) is 31.4 Å². The monoisotopic (exact) mass is 360 g/mol. The van der Waals surface area contributed by atoms with E-state index >= 15 is 0 Å². The lowest BCUT2D eigenvalue weighted by Gasteiger charge is -2.09. The number of ether oxygens (including phenoxy) is 2. The highest BCUT2D eigenvalue weighted by Crippen LogP contribution is 2.25. The third-order valence-corrected chi connectivity index (χ3v) is 3.56. The number of benzene rings is 2. The van der Waals surface area contributed by atoms with Crippen LogP contribution in [0.1, 0.15) is 29.3 Å². The van der Waals surface area contributed by atoms with Gasteiger partial charge in [-0.3, -0.25) is 0 Å². The molecule has 1 atom stereocenters. The molecule has 1 heterocycles. The van der Waals surface area contributed by atoms with E-state index in [1.807, 2.05) is 0 Å². The Hall–Kier alpha value is -3.29. The predicted molar refractivity (Wildman–Crippen MR) is 86.5 cm³/mol. The van der Waals surface area contributed by atoms with Gasteiger partial charge in [-0.25, -0.2) is 13.6 Å². The number of aromatic nitrogens is 2. The van der Waals surface area contributed by atoms with Crippen molar-refractivity contribution < 1.29 is 27.5 Å². The molecule has 3 rings (SSSR count). The SMILES string of the molecule is COc1ccc(-c2nnc(C(C)OC(=O)c3ccc(F)c(F)c3)o2)cc1. The van der Waals surface area contributed by atoms with Crippen molar-refractivity contribution in [2.24, 2.45) is 0 Å². The zero-order chi connectivity index (χ0) is 18.7. The number of carbonyl (C=O) groups excluding carboxylic acids is 1. The minimum Gasteiger partial charge on any atom is -0.497 e. The van der Waals surface area contributed by atoms with Gasteiger partial charge < -0.3 is 13.9 Å². The smallest absolute Gasteiger partial charge is 0.339 e. The minimum atomic E-state index is -1.13. The lowest BCUT2D eigenvalue weighted by Crippen LogP contribution is -2.10. The molecule has 0 saturated heterocycles. The Morgan fingerprint density at radius 1 is 1.08 bits per heavy atom. The zero-order valence-electron chi connectivity index (χ0n) is 13.9. The van der Waals surface area contributed by atoms with E-state index in [4.69, 9.17) is 13.9 Å². The first kappa shape index (κ1) is 17.5. The predicted octanol–water partition coefficient (Wildman–Crippen LogP) is 3.94. The first-order chi connectivity index (χ1) is 12.5. The van der Waals surface area contributed by atoms with Gasteiger partial charge in [0.1, 0.15) is 5.75 Å². The van der Waals surface area contributed by atoms with Gasteiger partial charge in [0.15, 0.2) is 17.7 Å². The number of hydrogen-bond acceptors (Lipinski definition) is 6. The van der Waals surface area contributed by atoms with Gasteiger partial charge in [0, 0.05) is 5.56 Å². The molecule has 8 heteroatoms. The summed E-state index contributed by atoms with van der Waals surface area (Å²) in [6.45, 7) is 1.53. The molecule has 0 fully saturated rings. The molecule has 0 radical (unpaired) electrons. The Kier molecular flexibility index (Phi) is 4.92. The molecule has 134 valence electrons. The fourth-order valence-corrected chi connectivity index (χ4v) is 2.15. The summed E-state index contributed by atoms with van der Waals surface area (Å²) < 4.78 is 41.9. The van der Waals surface area contributed by atoms with Crippen LogP contribution in [-0.2, 0) is 4.74 Å². The van der Waals surface area contributed by atoms with Crippen molar-refractivity contribution in [3.05, 3.63) is 65.6 Å². The van der Waals surface area contributed by atoms with Crippen LogP contribution in [0.2, 0.25) is 0 Å². The van der Waals surface area contributed by atoms with E-state index < -0.39 is 23.7 Å². The Balaban J connectivity index is 1.71. The summed E-state index contributed by atoms with van der Waals surface area (Å²) >= 11 is 0. The molecule has 1 unspecified atom stereocenters. The Labute approximate surface area is 147 Å².